The van der Waals surface area contributed by atoms with Crippen LogP contribution in [0.3, 0.4) is 0 Å². The minimum atomic E-state index is -0.399. The molecule has 3 rings (SSSR count). The molecule has 35 heavy (non-hydrogen) atoms. The van der Waals surface area contributed by atoms with Gasteiger partial charge in [0.25, 0.3) is 0 Å². The monoisotopic (exact) mass is 492 g/mol. The molecule has 198 valence electrons. The van der Waals surface area contributed by atoms with Crippen LogP contribution in [0.15, 0.2) is 24.3 Å². The molecule has 0 radical (unpaired) electrons. The summed E-state index contributed by atoms with van der Waals surface area (Å²) in [6.07, 6.45) is 17.2. The normalized spacial score (nSPS) is 31.7. The zero-order valence-electron chi connectivity index (χ0n) is 21.6. The maximum Gasteiger partial charge on any atom is 0.335 e. The van der Waals surface area contributed by atoms with Gasteiger partial charge in [-0.3, -0.25) is 0 Å². The summed E-state index contributed by atoms with van der Waals surface area (Å²) in [6.45, 7) is 5.25. The molecule has 0 saturated heterocycles. The second kappa shape index (κ2) is 14.8. The third-order valence-corrected chi connectivity index (χ3v) is 8.01. The molecule has 3 saturated carbocycles. The lowest BCUT2D eigenvalue weighted by Crippen LogP contribution is -2.31. The molecule has 0 aromatic rings. The Morgan fingerprint density at radius 1 is 0.743 bits per heavy atom. The van der Waals surface area contributed by atoms with Crippen molar-refractivity contribution < 1.29 is 33.3 Å². The molecule has 0 aromatic heterocycles. The van der Waals surface area contributed by atoms with E-state index < -0.39 is 5.97 Å². The van der Waals surface area contributed by atoms with Gasteiger partial charge in [0.2, 0.25) is 0 Å². The zero-order valence-corrected chi connectivity index (χ0v) is 21.6. The summed E-state index contributed by atoms with van der Waals surface area (Å²) in [5.74, 6) is 1.18. The standard InChI is InChI=1S/C28H44O7/c1-20(2)28(30)35-19-33-26-15-9-23(10-16-26)22-7-13-25(14-8-22)32-18-34-27(29)17-6-21-4-11-24(31-3)12-5-21/h6,17,21-26H,1,4-5,7-16,18-19H2,2-3H3. The van der Waals surface area contributed by atoms with E-state index in [0.29, 0.717) is 17.6 Å². The van der Waals surface area contributed by atoms with Gasteiger partial charge in [-0.05, 0) is 102 Å². The van der Waals surface area contributed by atoms with Crippen LogP contribution in [-0.2, 0) is 33.3 Å². The van der Waals surface area contributed by atoms with Crippen LogP contribution in [0.2, 0.25) is 0 Å². The third-order valence-electron chi connectivity index (χ3n) is 8.01. The first-order valence-corrected chi connectivity index (χ1v) is 13.4. The fourth-order valence-corrected chi connectivity index (χ4v) is 5.73. The average Bonchev–Trinajstić information content (AvgIpc) is 2.88. The molecule has 3 aliphatic carbocycles. The lowest BCUT2D eigenvalue weighted by Gasteiger charge is -2.37. The Balaban J connectivity index is 1.22. The van der Waals surface area contributed by atoms with Crippen LogP contribution < -0.4 is 0 Å². The van der Waals surface area contributed by atoms with Gasteiger partial charge in [-0.25, -0.2) is 9.59 Å². The van der Waals surface area contributed by atoms with Crippen molar-refractivity contribution in [2.75, 3.05) is 20.7 Å². The van der Waals surface area contributed by atoms with Crippen LogP contribution in [0.25, 0.3) is 0 Å². The van der Waals surface area contributed by atoms with E-state index >= 15 is 0 Å². The number of hydrogen-bond donors (Lipinski definition) is 0. The van der Waals surface area contributed by atoms with Crippen molar-refractivity contribution in [3.05, 3.63) is 24.3 Å². The van der Waals surface area contributed by atoms with Crippen LogP contribution in [0.5, 0.6) is 0 Å². The molecule has 3 fully saturated rings. The molecule has 0 amide bonds. The molecule has 7 heteroatoms. The number of hydrogen-bond acceptors (Lipinski definition) is 7. The number of methoxy groups -OCH3 is 1. The van der Waals surface area contributed by atoms with E-state index in [-0.39, 0.29) is 31.8 Å². The number of carbonyl (C=O) groups is 2. The zero-order chi connectivity index (χ0) is 25.0. The van der Waals surface area contributed by atoms with Gasteiger partial charge in [-0.1, -0.05) is 12.7 Å². The second-order valence-electron chi connectivity index (χ2n) is 10.4. The van der Waals surface area contributed by atoms with E-state index in [1.807, 2.05) is 6.08 Å². The molecular weight excluding hydrogens is 448 g/mol. The summed E-state index contributed by atoms with van der Waals surface area (Å²) < 4.78 is 27.3. The van der Waals surface area contributed by atoms with Crippen molar-refractivity contribution in [2.24, 2.45) is 17.8 Å². The van der Waals surface area contributed by atoms with Gasteiger partial charge < -0.3 is 23.7 Å². The van der Waals surface area contributed by atoms with Crippen LogP contribution in [0, 0.1) is 17.8 Å². The van der Waals surface area contributed by atoms with Gasteiger partial charge in [-0.15, -0.1) is 0 Å². The molecule has 0 heterocycles. The molecule has 0 atom stereocenters. The molecule has 7 nitrogen and oxygen atoms in total. The van der Waals surface area contributed by atoms with Crippen LogP contribution >= 0.6 is 0 Å². The first-order chi connectivity index (χ1) is 16.9. The average molecular weight is 493 g/mol. The van der Waals surface area contributed by atoms with Crippen LogP contribution in [-0.4, -0.2) is 50.9 Å². The smallest absolute Gasteiger partial charge is 0.335 e. The maximum atomic E-state index is 12.0. The summed E-state index contributed by atoms with van der Waals surface area (Å²) in [5, 5.41) is 0. The number of carbonyl (C=O) groups excluding carboxylic acids is 2. The summed E-state index contributed by atoms with van der Waals surface area (Å²) in [7, 11) is 1.77. The topological polar surface area (TPSA) is 80.3 Å². The number of rotatable bonds is 11. The van der Waals surface area contributed by atoms with Crippen molar-refractivity contribution in [1.82, 2.24) is 0 Å². The van der Waals surface area contributed by atoms with E-state index in [4.69, 9.17) is 23.7 Å². The Bertz CT molecular complexity index is 694. The summed E-state index contributed by atoms with van der Waals surface area (Å²) in [5.41, 5.74) is 0.392. The third kappa shape index (κ3) is 9.70. The SMILES string of the molecule is C=C(C)C(=O)OCOC1CCC(C2CCC(OCOC(=O)C=CC3CCC(OC)CC3)CC2)CC1. The Kier molecular flexibility index (Phi) is 11.8. The van der Waals surface area contributed by atoms with E-state index in [0.717, 1.165) is 88.9 Å². The second-order valence-corrected chi connectivity index (χ2v) is 10.4. The molecule has 3 aliphatic rings. The van der Waals surface area contributed by atoms with Crippen LogP contribution in [0.4, 0.5) is 0 Å². The Labute approximate surface area is 210 Å². The van der Waals surface area contributed by atoms with E-state index in [1.54, 1.807) is 20.1 Å². The van der Waals surface area contributed by atoms with Crippen molar-refractivity contribution >= 4 is 11.9 Å². The summed E-state index contributed by atoms with van der Waals surface area (Å²) >= 11 is 0. The summed E-state index contributed by atoms with van der Waals surface area (Å²) in [4.78, 5) is 23.4. The van der Waals surface area contributed by atoms with Gasteiger partial charge in [0.1, 0.15) is 0 Å². The van der Waals surface area contributed by atoms with Crippen LogP contribution in [0.1, 0.15) is 84.0 Å². The molecular formula is C28H44O7. The van der Waals surface area contributed by atoms with E-state index in [2.05, 4.69) is 6.58 Å². The molecule has 0 aromatic carbocycles. The number of esters is 2. The fraction of sp³-hybridized carbons (Fsp3) is 0.786. The van der Waals surface area contributed by atoms with Gasteiger partial charge in [0.15, 0.2) is 13.6 Å². The van der Waals surface area contributed by atoms with E-state index in [1.165, 1.54) is 0 Å². The molecule has 0 unspecified atom stereocenters. The lowest BCUT2D eigenvalue weighted by molar-refractivity contribution is -0.160. The van der Waals surface area contributed by atoms with E-state index in [9.17, 15) is 9.59 Å². The molecule has 0 aliphatic heterocycles. The highest BCUT2D eigenvalue weighted by Gasteiger charge is 2.31. The number of ether oxygens (including phenoxy) is 5. The predicted molar refractivity (Wildman–Crippen MR) is 132 cm³/mol. The van der Waals surface area contributed by atoms with Gasteiger partial charge in [0.05, 0.1) is 18.3 Å². The van der Waals surface area contributed by atoms with Crippen molar-refractivity contribution in [2.45, 2.75) is 102 Å². The highest BCUT2D eigenvalue weighted by atomic mass is 16.7. The largest absolute Gasteiger partial charge is 0.435 e. The van der Waals surface area contributed by atoms with Crippen molar-refractivity contribution in [3.63, 3.8) is 0 Å². The predicted octanol–water partition coefficient (Wildman–Crippen LogP) is 5.48. The first kappa shape index (κ1) is 27.9. The van der Waals surface area contributed by atoms with Crippen molar-refractivity contribution in [1.29, 1.82) is 0 Å². The van der Waals surface area contributed by atoms with Crippen molar-refractivity contribution in [3.8, 4) is 0 Å². The lowest BCUT2D eigenvalue weighted by atomic mass is 9.72. The fourth-order valence-electron chi connectivity index (χ4n) is 5.73. The quantitative estimate of drug-likeness (QED) is 0.215. The van der Waals surface area contributed by atoms with Gasteiger partial charge in [0, 0.05) is 18.8 Å². The van der Waals surface area contributed by atoms with Gasteiger partial charge in [-0.2, -0.15) is 0 Å². The highest BCUT2D eigenvalue weighted by molar-refractivity contribution is 5.86. The first-order valence-electron chi connectivity index (χ1n) is 13.4. The minimum absolute atomic E-state index is 0.0131. The number of allylic oxidation sites excluding steroid dienone is 1. The summed E-state index contributed by atoms with van der Waals surface area (Å²) in [6, 6.07) is 0. The highest BCUT2D eigenvalue weighted by Crippen LogP contribution is 2.39. The molecule has 0 spiro atoms. The molecule has 0 bridgehead atoms. The maximum absolute atomic E-state index is 12.0. The Hall–Kier alpha value is -1.70. The Morgan fingerprint density at radius 3 is 1.71 bits per heavy atom. The Morgan fingerprint density at radius 2 is 1.23 bits per heavy atom. The minimum Gasteiger partial charge on any atom is -0.435 e. The molecule has 0 N–H and O–H groups in total. The van der Waals surface area contributed by atoms with Gasteiger partial charge >= 0.3 is 11.9 Å².